The van der Waals surface area contributed by atoms with E-state index < -0.39 is 23.5 Å². The van der Waals surface area contributed by atoms with Crippen LogP contribution >= 0.6 is 0 Å². The van der Waals surface area contributed by atoms with Crippen LogP contribution in [0.2, 0.25) is 0 Å². The summed E-state index contributed by atoms with van der Waals surface area (Å²) < 4.78 is 33.1. The van der Waals surface area contributed by atoms with E-state index in [0.717, 1.165) is 0 Å². The van der Waals surface area contributed by atoms with Crippen LogP contribution in [-0.4, -0.2) is 17.7 Å². The largest absolute Gasteiger partial charge is 0.490 e. The van der Waals surface area contributed by atoms with E-state index in [-0.39, 0.29) is 12.4 Å². The van der Waals surface area contributed by atoms with Crippen LogP contribution in [0.25, 0.3) is 11.1 Å². The van der Waals surface area contributed by atoms with E-state index in [9.17, 15) is 18.7 Å². The molecule has 3 nitrogen and oxygen atoms in total. The Morgan fingerprint density at radius 1 is 1.17 bits per heavy atom. The first-order chi connectivity index (χ1) is 11.5. The molecule has 0 amide bonds. The summed E-state index contributed by atoms with van der Waals surface area (Å²) in [5, 5.41) is 9.42. The molecule has 0 radical (unpaired) electrons. The average molecular weight is 334 g/mol. The number of benzene rings is 2. The summed E-state index contributed by atoms with van der Waals surface area (Å²) in [4.78, 5) is 11.5. The Hall–Kier alpha value is -2.43. The predicted molar refractivity (Wildman–Crippen MR) is 88.2 cm³/mol. The van der Waals surface area contributed by atoms with Gasteiger partial charge in [-0.25, -0.2) is 8.78 Å². The number of carboxylic acid groups (broad SMARTS) is 1. The molecule has 24 heavy (non-hydrogen) atoms. The summed E-state index contributed by atoms with van der Waals surface area (Å²) in [6.45, 7) is 3.88. The topological polar surface area (TPSA) is 46.5 Å². The third kappa shape index (κ3) is 3.91. The Morgan fingerprint density at radius 2 is 1.83 bits per heavy atom. The van der Waals surface area contributed by atoms with E-state index >= 15 is 0 Å². The summed E-state index contributed by atoms with van der Waals surface area (Å²) >= 11 is 0. The molecule has 0 aliphatic carbocycles. The SMILES string of the molecule is CCCC(C(=O)O)c1cc(F)c(OCC)c(-c2ccc(F)cc2)c1. The molecule has 5 heteroatoms. The van der Waals surface area contributed by atoms with Crippen molar-refractivity contribution in [1.82, 2.24) is 0 Å². The number of rotatable bonds is 7. The molecule has 0 aliphatic heterocycles. The van der Waals surface area contributed by atoms with Gasteiger partial charge in [0, 0.05) is 5.56 Å². The number of carboxylic acids is 1. The highest BCUT2D eigenvalue weighted by atomic mass is 19.1. The molecule has 0 heterocycles. The second-order valence-electron chi connectivity index (χ2n) is 5.50. The molecule has 2 aromatic carbocycles. The van der Waals surface area contributed by atoms with Crippen LogP contribution in [0.5, 0.6) is 5.75 Å². The van der Waals surface area contributed by atoms with E-state index in [2.05, 4.69) is 0 Å². The molecule has 1 unspecified atom stereocenters. The fourth-order valence-electron chi connectivity index (χ4n) is 2.67. The van der Waals surface area contributed by atoms with Crippen LogP contribution in [0.3, 0.4) is 0 Å². The van der Waals surface area contributed by atoms with Crippen molar-refractivity contribution in [2.75, 3.05) is 6.61 Å². The van der Waals surface area contributed by atoms with Crippen molar-refractivity contribution in [3.05, 3.63) is 53.6 Å². The van der Waals surface area contributed by atoms with Crippen LogP contribution in [0.15, 0.2) is 36.4 Å². The molecular weight excluding hydrogens is 314 g/mol. The zero-order chi connectivity index (χ0) is 17.7. The number of hydrogen-bond donors (Lipinski definition) is 1. The molecule has 2 rings (SSSR count). The number of ether oxygens (including phenoxy) is 1. The molecule has 128 valence electrons. The van der Waals surface area contributed by atoms with E-state index in [4.69, 9.17) is 4.74 Å². The monoisotopic (exact) mass is 334 g/mol. The number of halogens is 2. The van der Waals surface area contributed by atoms with Crippen molar-refractivity contribution < 1.29 is 23.4 Å². The van der Waals surface area contributed by atoms with Crippen molar-refractivity contribution in [2.24, 2.45) is 0 Å². The first-order valence-corrected chi connectivity index (χ1v) is 7.92. The first kappa shape index (κ1) is 17.9. The number of aliphatic carboxylic acids is 1. The lowest BCUT2D eigenvalue weighted by Crippen LogP contribution is -2.12. The summed E-state index contributed by atoms with van der Waals surface area (Å²) in [7, 11) is 0. The lowest BCUT2D eigenvalue weighted by molar-refractivity contribution is -0.139. The normalized spacial score (nSPS) is 12.0. The number of carbonyl (C=O) groups is 1. The van der Waals surface area contributed by atoms with Gasteiger partial charge in [0.1, 0.15) is 5.82 Å². The van der Waals surface area contributed by atoms with Gasteiger partial charge in [0.2, 0.25) is 0 Å². The molecule has 0 fully saturated rings. The molecule has 1 atom stereocenters. The Kier molecular flexibility index (Phi) is 5.90. The van der Waals surface area contributed by atoms with Gasteiger partial charge in [-0.2, -0.15) is 0 Å². The highest BCUT2D eigenvalue weighted by molar-refractivity contribution is 5.79. The van der Waals surface area contributed by atoms with Crippen LogP contribution in [0, 0.1) is 11.6 Å². The van der Waals surface area contributed by atoms with Crippen LogP contribution in [0.4, 0.5) is 8.78 Å². The molecule has 2 aromatic rings. The van der Waals surface area contributed by atoms with Crippen molar-refractivity contribution >= 4 is 5.97 Å². The molecule has 0 aromatic heterocycles. The third-order valence-corrected chi connectivity index (χ3v) is 3.79. The second kappa shape index (κ2) is 7.90. The van der Waals surface area contributed by atoms with Crippen LogP contribution in [0.1, 0.15) is 38.2 Å². The summed E-state index contributed by atoms with van der Waals surface area (Å²) in [5.41, 5.74) is 1.38. The zero-order valence-corrected chi connectivity index (χ0v) is 13.7. The zero-order valence-electron chi connectivity index (χ0n) is 13.7. The van der Waals surface area contributed by atoms with E-state index in [1.54, 1.807) is 13.0 Å². The minimum Gasteiger partial charge on any atom is -0.490 e. The molecule has 0 spiro atoms. The lowest BCUT2D eigenvalue weighted by atomic mass is 9.91. The van der Waals surface area contributed by atoms with Crippen molar-refractivity contribution in [1.29, 1.82) is 0 Å². The smallest absolute Gasteiger partial charge is 0.310 e. The van der Waals surface area contributed by atoms with Gasteiger partial charge in [0.25, 0.3) is 0 Å². The second-order valence-corrected chi connectivity index (χ2v) is 5.50. The highest BCUT2D eigenvalue weighted by Gasteiger charge is 2.23. The van der Waals surface area contributed by atoms with E-state index in [0.29, 0.717) is 29.5 Å². The molecule has 0 bridgehead atoms. The van der Waals surface area contributed by atoms with Crippen molar-refractivity contribution in [3.63, 3.8) is 0 Å². The molecule has 0 saturated carbocycles. The van der Waals surface area contributed by atoms with Gasteiger partial charge >= 0.3 is 5.97 Å². The van der Waals surface area contributed by atoms with E-state index in [1.807, 2.05) is 6.92 Å². The molecule has 1 N–H and O–H groups in total. The molecule has 0 saturated heterocycles. The molecular formula is C19H20F2O3. The average Bonchev–Trinajstić information content (AvgIpc) is 2.55. The Balaban J connectivity index is 2.60. The fourth-order valence-corrected chi connectivity index (χ4v) is 2.67. The Labute approximate surface area is 139 Å². The predicted octanol–water partition coefficient (Wildman–Crippen LogP) is 5.00. The van der Waals surface area contributed by atoms with Gasteiger partial charge in [-0.3, -0.25) is 4.79 Å². The van der Waals surface area contributed by atoms with Gasteiger partial charge in [-0.1, -0.05) is 25.5 Å². The minimum atomic E-state index is -0.995. The third-order valence-electron chi connectivity index (χ3n) is 3.79. The van der Waals surface area contributed by atoms with Gasteiger partial charge < -0.3 is 9.84 Å². The van der Waals surface area contributed by atoms with Gasteiger partial charge in [0.15, 0.2) is 11.6 Å². The maximum Gasteiger partial charge on any atom is 0.310 e. The summed E-state index contributed by atoms with van der Waals surface area (Å²) in [6, 6.07) is 8.42. The van der Waals surface area contributed by atoms with Gasteiger partial charge in [-0.05, 0) is 48.7 Å². The lowest BCUT2D eigenvalue weighted by Gasteiger charge is -2.17. The van der Waals surface area contributed by atoms with E-state index in [1.165, 1.54) is 30.3 Å². The minimum absolute atomic E-state index is 0.0495. The quantitative estimate of drug-likeness (QED) is 0.775. The van der Waals surface area contributed by atoms with Gasteiger partial charge in [0.05, 0.1) is 12.5 Å². The summed E-state index contributed by atoms with van der Waals surface area (Å²) in [5.74, 6) is -2.75. The van der Waals surface area contributed by atoms with Crippen molar-refractivity contribution in [2.45, 2.75) is 32.6 Å². The van der Waals surface area contributed by atoms with Crippen molar-refractivity contribution in [3.8, 4) is 16.9 Å². The standard InChI is InChI=1S/C19H20F2O3/c1-3-5-15(19(22)23)13-10-16(12-6-8-14(20)9-7-12)18(24-4-2)17(21)11-13/h6-11,15H,3-5H2,1-2H3,(H,22,23). The first-order valence-electron chi connectivity index (χ1n) is 7.92. The maximum atomic E-state index is 14.5. The maximum absolute atomic E-state index is 14.5. The Bertz CT molecular complexity index is 711. The van der Waals surface area contributed by atoms with Gasteiger partial charge in [-0.15, -0.1) is 0 Å². The van der Waals surface area contributed by atoms with Crippen LogP contribution in [-0.2, 0) is 4.79 Å². The highest BCUT2D eigenvalue weighted by Crippen LogP contribution is 2.37. The Morgan fingerprint density at radius 3 is 2.38 bits per heavy atom. The molecule has 0 aliphatic rings. The van der Waals surface area contributed by atoms with Crippen LogP contribution < -0.4 is 4.74 Å². The number of hydrogen-bond acceptors (Lipinski definition) is 2. The summed E-state index contributed by atoms with van der Waals surface area (Å²) in [6.07, 6.45) is 1.07. The fraction of sp³-hybridized carbons (Fsp3) is 0.316.